The molecule has 2 atom stereocenters. The van der Waals surface area contributed by atoms with Crippen LogP contribution in [0.15, 0.2) is 0 Å². The van der Waals surface area contributed by atoms with Crippen molar-refractivity contribution in [2.45, 2.75) is 24.5 Å². The zero-order valence-electron chi connectivity index (χ0n) is 7.89. The topological polar surface area (TPSA) is 98.5 Å². The first-order valence-corrected chi connectivity index (χ1v) is 5.86. The van der Waals surface area contributed by atoms with Crippen LogP contribution in [0.25, 0.3) is 0 Å². The number of rotatable bonds is 3. The molecule has 0 radical (unpaired) electrons. The van der Waals surface area contributed by atoms with Crippen LogP contribution < -0.4 is 10.7 Å². The maximum atomic E-state index is 11.4. The second-order valence-electron chi connectivity index (χ2n) is 3.26. The molecule has 82 valence electrons. The van der Waals surface area contributed by atoms with Gasteiger partial charge in [0, 0.05) is 0 Å². The maximum absolute atomic E-state index is 11.4. The molecule has 0 aromatic rings. The summed E-state index contributed by atoms with van der Waals surface area (Å²) in [4.78, 5) is 13.0. The molecular weight excluding hydrogens is 208 g/mol. The largest absolute Gasteiger partial charge is 0.469 e. The fourth-order valence-corrected chi connectivity index (χ4v) is 3.14. The van der Waals surface area contributed by atoms with Gasteiger partial charge in [-0.05, 0) is 12.8 Å². The van der Waals surface area contributed by atoms with Crippen LogP contribution in [0.4, 0.5) is 0 Å². The predicted molar refractivity (Wildman–Crippen MR) is 49.4 cm³/mol. The first-order valence-electron chi connectivity index (χ1n) is 4.32. The van der Waals surface area contributed by atoms with Crippen LogP contribution >= 0.6 is 0 Å². The Morgan fingerprint density at radius 1 is 1.50 bits per heavy atom. The summed E-state index contributed by atoms with van der Waals surface area (Å²) in [5.74, 6) is 3.84. The summed E-state index contributed by atoms with van der Waals surface area (Å²) in [6.45, 7) is 0. The fraction of sp³-hybridized carbons (Fsp3) is 0.857. The van der Waals surface area contributed by atoms with E-state index in [9.17, 15) is 13.2 Å². The molecule has 0 aromatic carbocycles. The number of hydrazine groups is 1. The van der Waals surface area contributed by atoms with Crippen molar-refractivity contribution < 1.29 is 17.9 Å². The summed E-state index contributed by atoms with van der Waals surface area (Å²) >= 11 is 0. The highest BCUT2D eigenvalue weighted by Gasteiger charge is 2.41. The lowest BCUT2D eigenvalue weighted by atomic mass is 10.1. The van der Waals surface area contributed by atoms with Crippen LogP contribution in [0.2, 0.25) is 0 Å². The van der Waals surface area contributed by atoms with E-state index >= 15 is 0 Å². The van der Waals surface area contributed by atoms with Gasteiger partial charge in [0.15, 0.2) is 0 Å². The normalized spacial score (nSPS) is 27.6. The zero-order valence-corrected chi connectivity index (χ0v) is 8.71. The standard InChI is InChI=1S/C7H14N2O4S/c1-13-7(10)5-3-2-4-6(5)14(11,12)9-8/h5-6,9H,2-4,8H2,1H3. The fourth-order valence-electron chi connectivity index (χ4n) is 1.81. The van der Waals surface area contributed by atoms with Crippen molar-refractivity contribution >= 4 is 16.0 Å². The Kier molecular flexibility index (Phi) is 3.46. The molecule has 0 aromatic heterocycles. The highest BCUT2D eigenvalue weighted by molar-refractivity contribution is 7.90. The number of sulfonamides is 1. The van der Waals surface area contributed by atoms with Crippen molar-refractivity contribution in [2.24, 2.45) is 11.8 Å². The van der Waals surface area contributed by atoms with Gasteiger partial charge in [0.1, 0.15) is 0 Å². The lowest BCUT2D eigenvalue weighted by Gasteiger charge is -2.16. The molecule has 7 heteroatoms. The average molecular weight is 222 g/mol. The number of esters is 1. The van der Waals surface area contributed by atoms with Crippen LogP contribution in [-0.2, 0) is 19.6 Å². The second kappa shape index (κ2) is 4.24. The minimum absolute atomic E-state index is 0.451. The summed E-state index contributed by atoms with van der Waals surface area (Å²) in [6.07, 6.45) is 1.69. The Morgan fingerprint density at radius 2 is 2.14 bits per heavy atom. The Labute approximate surface area is 82.8 Å². The summed E-state index contributed by atoms with van der Waals surface area (Å²) in [5.41, 5.74) is 0. The third-order valence-electron chi connectivity index (χ3n) is 2.52. The van der Waals surface area contributed by atoms with Crippen molar-refractivity contribution in [3.8, 4) is 0 Å². The minimum Gasteiger partial charge on any atom is -0.469 e. The number of hydrogen-bond acceptors (Lipinski definition) is 5. The molecule has 0 bridgehead atoms. The number of nitrogens with one attached hydrogen (secondary N) is 1. The van der Waals surface area contributed by atoms with E-state index in [1.165, 1.54) is 7.11 Å². The predicted octanol–water partition coefficient (Wildman–Crippen LogP) is -0.879. The third kappa shape index (κ3) is 2.05. The summed E-state index contributed by atoms with van der Waals surface area (Å²) in [5, 5.41) is -0.750. The Hall–Kier alpha value is -0.660. The molecule has 14 heavy (non-hydrogen) atoms. The van der Waals surface area contributed by atoms with E-state index in [1.807, 2.05) is 0 Å². The molecule has 1 fully saturated rings. The van der Waals surface area contributed by atoms with E-state index in [1.54, 1.807) is 4.83 Å². The Balaban J connectivity index is 2.84. The highest BCUT2D eigenvalue weighted by atomic mass is 32.2. The van der Waals surface area contributed by atoms with Gasteiger partial charge in [-0.3, -0.25) is 10.6 Å². The maximum Gasteiger partial charge on any atom is 0.310 e. The molecule has 1 rings (SSSR count). The van der Waals surface area contributed by atoms with Crippen molar-refractivity contribution in [3.05, 3.63) is 0 Å². The van der Waals surface area contributed by atoms with E-state index < -0.39 is 27.2 Å². The van der Waals surface area contributed by atoms with Crippen molar-refractivity contribution in [3.63, 3.8) is 0 Å². The van der Waals surface area contributed by atoms with Crippen LogP contribution in [0.1, 0.15) is 19.3 Å². The molecule has 3 N–H and O–H groups in total. The van der Waals surface area contributed by atoms with E-state index in [2.05, 4.69) is 4.74 Å². The smallest absolute Gasteiger partial charge is 0.310 e. The van der Waals surface area contributed by atoms with Crippen LogP contribution in [0.5, 0.6) is 0 Å². The first-order chi connectivity index (χ1) is 6.53. The molecule has 1 saturated carbocycles. The molecule has 1 aliphatic carbocycles. The van der Waals surface area contributed by atoms with Gasteiger partial charge in [0.25, 0.3) is 0 Å². The van der Waals surface area contributed by atoms with Gasteiger partial charge < -0.3 is 4.74 Å². The van der Waals surface area contributed by atoms with E-state index in [-0.39, 0.29) is 0 Å². The van der Waals surface area contributed by atoms with E-state index in [0.717, 1.165) is 0 Å². The summed E-state index contributed by atoms with van der Waals surface area (Å²) < 4.78 is 27.3. The number of methoxy groups -OCH3 is 1. The van der Waals surface area contributed by atoms with Gasteiger partial charge in [-0.25, -0.2) is 8.42 Å². The molecule has 2 unspecified atom stereocenters. The van der Waals surface area contributed by atoms with Gasteiger partial charge in [0.2, 0.25) is 10.0 Å². The molecule has 0 saturated heterocycles. The van der Waals surface area contributed by atoms with Gasteiger partial charge in [-0.2, -0.15) is 4.83 Å². The Morgan fingerprint density at radius 3 is 2.64 bits per heavy atom. The van der Waals surface area contributed by atoms with Crippen LogP contribution in [0, 0.1) is 5.92 Å². The number of carbonyl (C=O) groups is 1. The molecular formula is C7H14N2O4S. The number of hydrogen-bond donors (Lipinski definition) is 2. The van der Waals surface area contributed by atoms with Gasteiger partial charge in [-0.1, -0.05) is 6.42 Å². The summed E-state index contributed by atoms with van der Waals surface area (Å²) in [7, 11) is -2.33. The van der Waals surface area contributed by atoms with E-state index in [0.29, 0.717) is 19.3 Å². The zero-order chi connectivity index (χ0) is 10.8. The molecule has 0 amide bonds. The quantitative estimate of drug-likeness (QED) is 0.367. The number of ether oxygens (including phenoxy) is 1. The molecule has 0 spiro atoms. The first kappa shape index (κ1) is 11.4. The molecule has 0 aliphatic heterocycles. The minimum atomic E-state index is -3.58. The van der Waals surface area contributed by atoms with Crippen LogP contribution in [-0.4, -0.2) is 26.7 Å². The molecule has 0 heterocycles. The monoisotopic (exact) mass is 222 g/mol. The van der Waals surface area contributed by atoms with Gasteiger partial charge >= 0.3 is 5.97 Å². The van der Waals surface area contributed by atoms with Gasteiger partial charge in [0.05, 0.1) is 18.3 Å². The van der Waals surface area contributed by atoms with Gasteiger partial charge in [-0.15, -0.1) is 0 Å². The van der Waals surface area contributed by atoms with E-state index in [4.69, 9.17) is 5.84 Å². The average Bonchev–Trinajstić information content (AvgIpc) is 2.65. The number of carbonyl (C=O) groups excluding carboxylic acids is 1. The number of nitrogens with two attached hydrogens (primary N) is 1. The van der Waals surface area contributed by atoms with Crippen molar-refractivity contribution in [2.75, 3.05) is 7.11 Å². The third-order valence-corrected chi connectivity index (χ3v) is 4.21. The molecule has 6 nitrogen and oxygen atoms in total. The van der Waals surface area contributed by atoms with Crippen molar-refractivity contribution in [1.82, 2.24) is 4.83 Å². The lowest BCUT2D eigenvalue weighted by Crippen LogP contribution is -2.42. The SMILES string of the molecule is COC(=O)C1CCCC1S(=O)(=O)NN. The lowest BCUT2D eigenvalue weighted by molar-refractivity contribution is -0.145. The second-order valence-corrected chi connectivity index (χ2v) is 5.19. The highest BCUT2D eigenvalue weighted by Crippen LogP contribution is 2.31. The van der Waals surface area contributed by atoms with Crippen LogP contribution in [0.3, 0.4) is 0 Å². The van der Waals surface area contributed by atoms with Crippen molar-refractivity contribution in [1.29, 1.82) is 0 Å². The summed E-state index contributed by atoms with van der Waals surface area (Å²) in [6, 6.07) is 0. The Bertz CT molecular complexity index is 314. The molecule has 1 aliphatic rings.